The Kier molecular flexibility index (Phi) is 3.56. The third-order valence-electron chi connectivity index (χ3n) is 2.47. The zero-order valence-corrected chi connectivity index (χ0v) is 10.6. The SMILES string of the molecule is CC1CN(C(=O)c2ccc(Br)cn2)CCO1. The Balaban J connectivity index is 2.09. The number of hydrogen-bond acceptors (Lipinski definition) is 3. The van der Waals surface area contributed by atoms with Crippen molar-refractivity contribution >= 4 is 21.8 Å². The van der Waals surface area contributed by atoms with Gasteiger partial charge in [0.1, 0.15) is 5.69 Å². The van der Waals surface area contributed by atoms with Crippen LogP contribution in [0.1, 0.15) is 17.4 Å². The van der Waals surface area contributed by atoms with E-state index in [9.17, 15) is 4.79 Å². The summed E-state index contributed by atoms with van der Waals surface area (Å²) in [5, 5.41) is 0. The van der Waals surface area contributed by atoms with Crippen molar-refractivity contribution in [3.05, 3.63) is 28.5 Å². The fraction of sp³-hybridized carbons (Fsp3) is 0.455. The maximum atomic E-state index is 12.0. The molecule has 0 N–H and O–H groups in total. The second kappa shape index (κ2) is 4.93. The van der Waals surface area contributed by atoms with Crippen LogP contribution in [0.25, 0.3) is 0 Å². The average Bonchev–Trinajstić information content (AvgIpc) is 2.29. The summed E-state index contributed by atoms with van der Waals surface area (Å²) in [4.78, 5) is 17.9. The second-order valence-electron chi connectivity index (χ2n) is 3.79. The Hall–Kier alpha value is -0.940. The number of morpholine rings is 1. The topological polar surface area (TPSA) is 42.4 Å². The van der Waals surface area contributed by atoms with E-state index in [1.54, 1.807) is 17.2 Å². The number of carbonyl (C=O) groups excluding carboxylic acids is 1. The fourth-order valence-electron chi connectivity index (χ4n) is 1.67. The Labute approximate surface area is 103 Å². The summed E-state index contributed by atoms with van der Waals surface area (Å²) >= 11 is 3.29. The predicted molar refractivity (Wildman–Crippen MR) is 63.3 cm³/mol. The molecule has 1 aromatic rings. The van der Waals surface area contributed by atoms with Crippen molar-refractivity contribution in [2.45, 2.75) is 13.0 Å². The summed E-state index contributed by atoms with van der Waals surface area (Å²) in [5.74, 6) is -0.0253. The first-order valence-corrected chi connectivity index (χ1v) is 5.98. The van der Waals surface area contributed by atoms with Gasteiger partial charge >= 0.3 is 0 Å². The Morgan fingerprint density at radius 1 is 1.62 bits per heavy atom. The minimum Gasteiger partial charge on any atom is -0.375 e. The lowest BCUT2D eigenvalue weighted by Gasteiger charge is -2.30. The number of ether oxygens (including phenoxy) is 1. The van der Waals surface area contributed by atoms with Crippen LogP contribution < -0.4 is 0 Å². The van der Waals surface area contributed by atoms with Gasteiger partial charge in [0.15, 0.2) is 0 Å². The van der Waals surface area contributed by atoms with E-state index in [0.29, 0.717) is 25.4 Å². The molecular weight excluding hydrogens is 272 g/mol. The zero-order valence-electron chi connectivity index (χ0n) is 9.02. The van der Waals surface area contributed by atoms with E-state index in [-0.39, 0.29) is 12.0 Å². The van der Waals surface area contributed by atoms with E-state index in [1.807, 2.05) is 13.0 Å². The summed E-state index contributed by atoms with van der Waals surface area (Å²) in [6.07, 6.45) is 1.74. The molecule has 0 saturated carbocycles. The third-order valence-corrected chi connectivity index (χ3v) is 2.94. The Morgan fingerprint density at radius 3 is 3.06 bits per heavy atom. The van der Waals surface area contributed by atoms with Gasteiger partial charge in [0.05, 0.1) is 12.7 Å². The van der Waals surface area contributed by atoms with Crippen LogP contribution in [0.3, 0.4) is 0 Å². The second-order valence-corrected chi connectivity index (χ2v) is 4.71. The van der Waals surface area contributed by atoms with E-state index in [4.69, 9.17) is 4.74 Å². The molecule has 2 rings (SSSR count). The lowest BCUT2D eigenvalue weighted by Crippen LogP contribution is -2.44. The van der Waals surface area contributed by atoms with Gasteiger partial charge in [-0.05, 0) is 35.0 Å². The molecule has 5 heteroatoms. The van der Waals surface area contributed by atoms with Crippen LogP contribution in [0, 0.1) is 0 Å². The van der Waals surface area contributed by atoms with E-state index in [2.05, 4.69) is 20.9 Å². The first-order valence-electron chi connectivity index (χ1n) is 5.19. The number of aromatic nitrogens is 1. The molecule has 1 saturated heterocycles. The number of hydrogen-bond donors (Lipinski definition) is 0. The van der Waals surface area contributed by atoms with E-state index >= 15 is 0 Å². The summed E-state index contributed by atoms with van der Waals surface area (Å²) in [6.45, 7) is 3.84. The highest BCUT2D eigenvalue weighted by atomic mass is 79.9. The van der Waals surface area contributed by atoms with Crippen LogP contribution in [0.4, 0.5) is 0 Å². The van der Waals surface area contributed by atoms with Gasteiger partial charge < -0.3 is 9.64 Å². The molecule has 4 nitrogen and oxygen atoms in total. The van der Waals surface area contributed by atoms with Crippen molar-refractivity contribution in [2.75, 3.05) is 19.7 Å². The smallest absolute Gasteiger partial charge is 0.272 e. The van der Waals surface area contributed by atoms with E-state index in [1.165, 1.54) is 0 Å². The molecule has 0 bridgehead atoms. The molecule has 1 atom stereocenters. The van der Waals surface area contributed by atoms with Crippen molar-refractivity contribution in [1.29, 1.82) is 0 Å². The maximum absolute atomic E-state index is 12.0. The molecule has 1 aliphatic rings. The number of pyridine rings is 1. The van der Waals surface area contributed by atoms with Crippen molar-refractivity contribution in [2.24, 2.45) is 0 Å². The molecule has 1 amide bonds. The van der Waals surface area contributed by atoms with Gasteiger partial charge in [-0.2, -0.15) is 0 Å². The molecular formula is C11H13BrN2O2. The molecule has 1 fully saturated rings. The summed E-state index contributed by atoms with van der Waals surface area (Å²) in [7, 11) is 0. The number of nitrogens with zero attached hydrogens (tertiary/aromatic N) is 2. The summed E-state index contributed by atoms with van der Waals surface area (Å²) in [6, 6.07) is 3.55. The summed E-state index contributed by atoms with van der Waals surface area (Å²) < 4.78 is 6.27. The zero-order chi connectivity index (χ0) is 11.5. The molecule has 0 aliphatic carbocycles. The Morgan fingerprint density at radius 2 is 2.44 bits per heavy atom. The molecule has 86 valence electrons. The Bertz CT molecular complexity index is 380. The number of carbonyl (C=O) groups is 1. The standard InChI is InChI=1S/C11H13BrN2O2/c1-8-7-14(4-5-16-8)11(15)10-3-2-9(12)6-13-10/h2-3,6,8H,4-5,7H2,1H3. The van der Waals surface area contributed by atoms with Crippen LogP contribution in [0.5, 0.6) is 0 Å². The van der Waals surface area contributed by atoms with Gasteiger partial charge in [-0.1, -0.05) is 0 Å². The molecule has 1 aliphatic heterocycles. The first kappa shape index (κ1) is 11.5. The number of amides is 1. The number of halogens is 1. The van der Waals surface area contributed by atoms with Gasteiger partial charge in [0.2, 0.25) is 0 Å². The van der Waals surface area contributed by atoms with Gasteiger partial charge in [0, 0.05) is 23.8 Å². The van der Waals surface area contributed by atoms with Crippen LogP contribution in [-0.2, 0) is 4.74 Å². The minimum absolute atomic E-state index is 0.0253. The lowest BCUT2D eigenvalue weighted by molar-refractivity contribution is -0.0126. The predicted octanol–water partition coefficient (Wildman–Crippen LogP) is 1.71. The average molecular weight is 285 g/mol. The molecule has 0 radical (unpaired) electrons. The van der Waals surface area contributed by atoms with Crippen molar-refractivity contribution < 1.29 is 9.53 Å². The van der Waals surface area contributed by atoms with Crippen LogP contribution in [-0.4, -0.2) is 41.6 Å². The molecule has 0 spiro atoms. The molecule has 1 unspecified atom stereocenters. The monoisotopic (exact) mass is 284 g/mol. The van der Waals surface area contributed by atoms with Gasteiger partial charge in [0.25, 0.3) is 5.91 Å². The van der Waals surface area contributed by atoms with Crippen LogP contribution in [0.15, 0.2) is 22.8 Å². The third kappa shape index (κ3) is 2.59. The molecule has 16 heavy (non-hydrogen) atoms. The normalized spacial score (nSPS) is 20.9. The van der Waals surface area contributed by atoms with Gasteiger partial charge in [-0.15, -0.1) is 0 Å². The first-order chi connectivity index (χ1) is 7.66. The van der Waals surface area contributed by atoms with E-state index < -0.39 is 0 Å². The van der Waals surface area contributed by atoms with Crippen molar-refractivity contribution in [1.82, 2.24) is 9.88 Å². The highest BCUT2D eigenvalue weighted by molar-refractivity contribution is 9.10. The molecule has 1 aromatic heterocycles. The fourth-order valence-corrected chi connectivity index (χ4v) is 1.90. The highest BCUT2D eigenvalue weighted by Crippen LogP contribution is 2.11. The lowest BCUT2D eigenvalue weighted by atomic mass is 10.2. The largest absolute Gasteiger partial charge is 0.375 e. The maximum Gasteiger partial charge on any atom is 0.272 e. The van der Waals surface area contributed by atoms with Crippen LogP contribution in [0.2, 0.25) is 0 Å². The van der Waals surface area contributed by atoms with Gasteiger partial charge in [-0.3, -0.25) is 4.79 Å². The number of rotatable bonds is 1. The quantitative estimate of drug-likeness (QED) is 0.788. The summed E-state index contributed by atoms with van der Waals surface area (Å²) in [5.41, 5.74) is 0.484. The minimum atomic E-state index is -0.0253. The van der Waals surface area contributed by atoms with E-state index in [0.717, 1.165) is 4.47 Å². The molecule has 0 aromatic carbocycles. The van der Waals surface area contributed by atoms with Gasteiger partial charge in [-0.25, -0.2) is 4.98 Å². The van der Waals surface area contributed by atoms with Crippen LogP contribution >= 0.6 is 15.9 Å². The van der Waals surface area contributed by atoms with Crippen molar-refractivity contribution in [3.8, 4) is 0 Å². The van der Waals surface area contributed by atoms with Crippen molar-refractivity contribution in [3.63, 3.8) is 0 Å². The molecule has 2 heterocycles. The highest BCUT2D eigenvalue weighted by Gasteiger charge is 2.22.